The third kappa shape index (κ3) is 4.38. The molecule has 2 heterocycles. The molecule has 7 heteroatoms. The van der Waals surface area contributed by atoms with Gasteiger partial charge in [0.1, 0.15) is 17.4 Å². The topological polar surface area (TPSA) is 104 Å². The molecule has 134 valence electrons. The number of hydrogen-bond donors (Lipinski definition) is 2. The molecule has 2 aromatic heterocycles. The molecule has 2 N–H and O–H groups in total. The van der Waals surface area contributed by atoms with Crippen LogP contribution in [0.2, 0.25) is 0 Å². The van der Waals surface area contributed by atoms with E-state index in [1.54, 1.807) is 31.8 Å². The molecule has 3 aromatic rings. The summed E-state index contributed by atoms with van der Waals surface area (Å²) in [6.45, 7) is 0.294. The van der Waals surface area contributed by atoms with Crippen molar-refractivity contribution < 1.29 is 9.53 Å². The van der Waals surface area contributed by atoms with E-state index in [-0.39, 0.29) is 5.57 Å². The first kappa shape index (κ1) is 17.9. The number of carbonyl (C=O) groups is 1. The molecule has 0 unspecified atom stereocenters. The smallest absolute Gasteiger partial charge is 0.262 e. The Morgan fingerprint density at radius 1 is 1.30 bits per heavy atom. The van der Waals surface area contributed by atoms with Gasteiger partial charge in [-0.1, -0.05) is 6.07 Å². The van der Waals surface area contributed by atoms with Crippen LogP contribution in [0.3, 0.4) is 0 Å². The molecular weight excluding hydrogens is 342 g/mol. The van der Waals surface area contributed by atoms with Crippen LogP contribution in [0.4, 0.5) is 0 Å². The highest BCUT2D eigenvalue weighted by Gasteiger charge is 2.12. The Kier molecular flexibility index (Phi) is 5.60. The van der Waals surface area contributed by atoms with Crippen molar-refractivity contribution in [1.29, 1.82) is 5.26 Å². The highest BCUT2D eigenvalue weighted by molar-refractivity contribution is 6.02. The normalized spacial score (nSPS) is 10.9. The molecule has 0 atom stereocenters. The van der Waals surface area contributed by atoms with Gasteiger partial charge in [0.25, 0.3) is 5.91 Å². The number of ether oxygens (including phenoxy) is 1. The van der Waals surface area contributed by atoms with Crippen LogP contribution in [-0.2, 0) is 11.3 Å². The summed E-state index contributed by atoms with van der Waals surface area (Å²) in [5, 5.41) is 19.0. The van der Waals surface area contributed by atoms with Crippen molar-refractivity contribution in [3.63, 3.8) is 0 Å². The maximum absolute atomic E-state index is 12.3. The van der Waals surface area contributed by atoms with Gasteiger partial charge < -0.3 is 10.1 Å². The fraction of sp³-hybridized carbons (Fsp3) is 0.100. The fourth-order valence-corrected chi connectivity index (χ4v) is 2.48. The molecule has 0 radical (unpaired) electrons. The molecule has 0 fully saturated rings. The standard InChI is InChI=1S/C20H17N5O2/c1-27-18-6-4-15(5-7-18)19-17(13-24-25-19)9-16(10-21)20(26)23-12-14-3-2-8-22-11-14/h2-9,11,13H,12H2,1H3,(H,23,26)(H,24,25)/b16-9-. The Labute approximate surface area is 156 Å². The maximum Gasteiger partial charge on any atom is 0.262 e. The molecule has 0 aliphatic carbocycles. The van der Waals surface area contributed by atoms with Crippen LogP contribution < -0.4 is 10.1 Å². The summed E-state index contributed by atoms with van der Waals surface area (Å²) in [6.07, 6.45) is 6.41. The van der Waals surface area contributed by atoms with Crippen LogP contribution in [0, 0.1) is 11.3 Å². The molecule has 0 spiro atoms. The summed E-state index contributed by atoms with van der Waals surface area (Å²) in [6, 6.07) is 13.0. The summed E-state index contributed by atoms with van der Waals surface area (Å²) in [5.41, 5.74) is 3.08. The van der Waals surface area contributed by atoms with Crippen molar-refractivity contribution in [3.8, 4) is 23.1 Å². The number of aromatic amines is 1. The summed E-state index contributed by atoms with van der Waals surface area (Å²) >= 11 is 0. The zero-order chi connectivity index (χ0) is 19.1. The number of aromatic nitrogens is 3. The number of benzene rings is 1. The minimum atomic E-state index is -0.455. The van der Waals surface area contributed by atoms with Crippen LogP contribution in [0.15, 0.2) is 60.6 Å². The van der Waals surface area contributed by atoms with E-state index >= 15 is 0 Å². The molecule has 1 amide bonds. The Hall–Kier alpha value is -3.92. The van der Waals surface area contributed by atoms with Gasteiger partial charge in [0.2, 0.25) is 0 Å². The van der Waals surface area contributed by atoms with Gasteiger partial charge in [0.15, 0.2) is 0 Å². The number of pyridine rings is 1. The number of methoxy groups -OCH3 is 1. The Bertz CT molecular complexity index is 985. The molecule has 0 aliphatic rings. The largest absolute Gasteiger partial charge is 0.497 e. The van der Waals surface area contributed by atoms with Gasteiger partial charge in [0.05, 0.1) is 19.0 Å². The highest BCUT2D eigenvalue weighted by atomic mass is 16.5. The molecule has 1 aromatic carbocycles. The lowest BCUT2D eigenvalue weighted by molar-refractivity contribution is -0.117. The van der Waals surface area contributed by atoms with Crippen LogP contribution in [-0.4, -0.2) is 28.2 Å². The van der Waals surface area contributed by atoms with Crippen molar-refractivity contribution in [1.82, 2.24) is 20.5 Å². The van der Waals surface area contributed by atoms with Crippen LogP contribution in [0.5, 0.6) is 5.75 Å². The first-order chi connectivity index (χ1) is 13.2. The van der Waals surface area contributed by atoms with Gasteiger partial charge in [-0.3, -0.25) is 14.9 Å². The zero-order valence-electron chi connectivity index (χ0n) is 14.6. The van der Waals surface area contributed by atoms with Crippen molar-refractivity contribution in [2.75, 3.05) is 7.11 Å². The lowest BCUT2D eigenvalue weighted by Gasteiger charge is -2.05. The summed E-state index contributed by atoms with van der Waals surface area (Å²) in [7, 11) is 1.60. The monoisotopic (exact) mass is 359 g/mol. The predicted octanol–water partition coefficient (Wildman–Crippen LogP) is 2.70. The molecule has 7 nitrogen and oxygen atoms in total. The second kappa shape index (κ2) is 8.45. The Morgan fingerprint density at radius 3 is 2.78 bits per heavy atom. The van der Waals surface area contributed by atoms with Crippen molar-refractivity contribution >= 4 is 12.0 Å². The fourth-order valence-electron chi connectivity index (χ4n) is 2.48. The quantitative estimate of drug-likeness (QED) is 0.520. The maximum atomic E-state index is 12.3. The number of hydrogen-bond acceptors (Lipinski definition) is 5. The average Bonchev–Trinajstić information content (AvgIpc) is 3.19. The van der Waals surface area contributed by atoms with E-state index < -0.39 is 5.91 Å². The zero-order valence-corrected chi connectivity index (χ0v) is 14.6. The molecule has 0 saturated carbocycles. The highest BCUT2D eigenvalue weighted by Crippen LogP contribution is 2.25. The van der Waals surface area contributed by atoms with E-state index in [0.717, 1.165) is 16.9 Å². The van der Waals surface area contributed by atoms with Gasteiger partial charge in [-0.05, 0) is 42.0 Å². The molecule has 0 aliphatic heterocycles. The van der Waals surface area contributed by atoms with Crippen molar-refractivity contribution in [3.05, 3.63) is 71.7 Å². The molecule has 0 bridgehead atoms. The van der Waals surface area contributed by atoms with E-state index in [1.807, 2.05) is 36.4 Å². The summed E-state index contributed by atoms with van der Waals surface area (Å²) in [5.74, 6) is 0.283. The lowest BCUT2D eigenvalue weighted by atomic mass is 10.1. The third-order valence-corrected chi connectivity index (χ3v) is 3.89. The third-order valence-electron chi connectivity index (χ3n) is 3.89. The number of nitrogens with one attached hydrogen (secondary N) is 2. The SMILES string of the molecule is COc1ccc(-c2[nH]ncc2/C=C(/C#N)C(=O)NCc2cccnc2)cc1. The van der Waals surface area contributed by atoms with Gasteiger partial charge >= 0.3 is 0 Å². The second-order valence-corrected chi connectivity index (χ2v) is 5.64. The number of nitriles is 1. The predicted molar refractivity (Wildman–Crippen MR) is 100 cm³/mol. The Morgan fingerprint density at radius 2 is 2.11 bits per heavy atom. The number of H-pyrrole nitrogens is 1. The molecule has 0 saturated heterocycles. The van der Waals surface area contributed by atoms with E-state index in [2.05, 4.69) is 20.5 Å². The number of carbonyl (C=O) groups excluding carboxylic acids is 1. The number of nitrogens with zero attached hydrogens (tertiary/aromatic N) is 3. The van der Waals surface area contributed by atoms with Gasteiger partial charge in [0, 0.05) is 30.1 Å². The first-order valence-corrected chi connectivity index (χ1v) is 8.18. The minimum absolute atomic E-state index is 0.00458. The van der Waals surface area contributed by atoms with Gasteiger partial charge in [-0.2, -0.15) is 10.4 Å². The van der Waals surface area contributed by atoms with E-state index in [0.29, 0.717) is 17.8 Å². The second-order valence-electron chi connectivity index (χ2n) is 5.64. The molecule has 27 heavy (non-hydrogen) atoms. The lowest BCUT2D eigenvalue weighted by Crippen LogP contribution is -2.24. The van der Waals surface area contributed by atoms with Crippen molar-refractivity contribution in [2.24, 2.45) is 0 Å². The van der Waals surface area contributed by atoms with E-state index in [9.17, 15) is 10.1 Å². The average molecular weight is 359 g/mol. The molecular formula is C20H17N5O2. The Balaban J connectivity index is 1.78. The van der Waals surface area contributed by atoms with Crippen LogP contribution in [0.25, 0.3) is 17.3 Å². The summed E-state index contributed by atoms with van der Waals surface area (Å²) in [4.78, 5) is 16.3. The minimum Gasteiger partial charge on any atom is -0.497 e. The first-order valence-electron chi connectivity index (χ1n) is 8.18. The van der Waals surface area contributed by atoms with Gasteiger partial charge in [-0.25, -0.2) is 0 Å². The number of rotatable bonds is 6. The van der Waals surface area contributed by atoms with Crippen LogP contribution in [0.1, 0.15) is 11.1 Å². The summed E-state index contributed by atoms with van der Waals surface area (Å²) < 4.78 is 5.16. The van der Waals surface area contributed by atoms with E-state index in [1.165, 1.54) is 6.08 Å². The van der Waals surface area contributed by atoms with Crippen LogP contribution >= 0.6 is 0 Å². The van der Waals surface area contributed by atoms with Crippen molar-refractivity contribution in [2.45, 2.75) is 6.54 Å². The van der Waals surface area contributed by atoms with E-state index in [4.69, 9.17) is 4.74 Å². The number of amides is 1. The molecule has 3 rings (SSSR count). The van der Waals surface area contributed by atoms with Gasteiger partial charge in [-0.15, -0.1) is 0 Å².